The Bertz CT molecular complexity index is 282. The molecule has 0 aromatic heterocycles. The molecule has 0 saturated heterocycles. The number of hydrogen-bond acceptors (Lipinski definition) is 3. The highest BCUT2D eigenvalue weighted by Crippen LogP contribution is 1.99. The second-order valence-electron chi connectivity index (χ2n) is 3.56. The van der Waals surface area contributed by atoms with Gasteiger partial charge in [-0.1, -0.05) is 24.6 Å². The molecular weight excluding hydrogens is 218 g/mol. The third kappa shape index (κ3) is 10.7. The van der Waals surface area contributed by atoms with Crippen LogP contribution in [0, 0.1) is 0 Å². The van der Waals surface area contributed by atoms with E-state index in [1.54, 1.807) is 12.2 Å². The quantitative estimate of drug-likeness (QED) is 0.305. The molecule has 0 bridgehead atoms. The Morgan fingerprint density at radius 2 is 1.94 bits per heavy atom. The predicted molar refractivity (Wildman–Crippen MR) is 67.4 cm³/mol. The topological polar surface area (TPSA) is 55.4 Å². The molecule has 0 radical (unpaired) electrons. The number of ether oxygens (including phenoxy) is 1. The molecule has 0 fully saturated rings. The van der Waals surface area contributed by atoms with E-state index in [-0.39, 0.29) is 11.9 Å². The molecule has 96 valence electrons. The van der Waals surface area contributed by atoms with Crippen molar-refractivity contribution < 1.29 is 14.3 Å². The summed E-state index contributed by atoms with van der Waals surface area (Å²) in [7, 11) is 1.39. The van der Waals surface area contributed by atoms with Crippen molar-refractivity contribution in [1.29, 1.82) is 0 Å². The van der Waals surface area contributed by atoms with Gasteiger partial charge < -0.3 is 10.1 Å². The van der Waals surface area contributed by atoms with E-state index in [1.165, 1.54) is 13.2 Å². The van der Waals surface area contributed by atoms with Gasteiger partial charge >= 0.3 is 5.97 Å². The Morgan fingerprint density at radius 1 is 1.18 bits per heavy atom. The van der Waals surface area contributed by atoms with E-state index in [0.717, 1.165) is 19.3 Å². The predicted octanol–water partition coefficient (Wildman–Crippen LogP) is 1.97. The third-order valence-electron chi connectivity index (χ3n) is 2.14. The third-order valence-corrected chi connectivity index (χ3v) is 2.14. The molecule has 0 saturated carbocycles. The van der Waals surface area contributed by atoms with Gasteiger partial charge in [0.05, 0.1) is 7.11 Å². The van der Waals surface area contributed by atoms with Gasteiger partial charge in [0.15, 0.2) is 0 Å². The largest absolute Gasteiger partial charge is 0.469 e. The maximum atomic E-state index is 11.2. The van der Waals surface area contributed by atoms with Gasteiger partial charge in [0.2, 0.25) is 5.91 Å². The smallest absolute Gasteiger partial charge is 0.305 e. The van der Waals surface area contributed by atoms with E-state index in [2.05, 4.69) is 10.1 Å². The number of allylic oxidation sites excluding steroid dienone is 3. The van der Waals surface area contributed by atoms with E-state index < -0.39 is 0 Å². The Balaban J connectivity index is 3.39. The van der Waals surface area contributed by atoms with Crippen molar-refractivity contribution in [1.82, 2.24) is 5.32 Å². The average Bonchev–Trinajstić information content (AvgIpc) is 2.33. The fraction of sp³-hybridized carbons (Fsp3) is 0.538. The van der Waals surface area contributed by atoms with Gasteiger partial charge in [-0.25, -0.2) is 0 Å². The monoisotopic (exact) mass is 239 g/mol. The first kappa shape index (κ1) is 15.4. The summed E-state index contributed by atoms with van der Waals surface area (Å²) in [6.45, 7) is 2.53. The van der Waals surface area contributed by atoms with E-state index in [1.807, 2.05) is 13.0 Å². The van der Waals surface area contributed by atoms with Crippen LogP contribution in [-0.2, 0) is 14.3 Å². The van der Waals surface area contributed by atoms with Gasteiger partial charge in [0.1, 0.15) is 0 Å². The molecule has 0 aliphatic rings. The van der Waals surface area contributed by atoms with Crippen LogP contribution in [0.1, 0.15) is 32.6 Å². The zero-order valence-corrected chi connectivity index (χ0v) is 10.6. The summed E-state index contributed by atoms with van der Waals surface area (Å²) in [6, 6.07) is 0. The molecule has 0 unspecified atom stereocenters. The summed E-state index contributed by atoms with van der Waals surface area (Å²) in [5, 5.41) is 2.77. The maximum absolute atomic E-state index is 11.2. The number of nitrogens with one attached hydrogen (secondary N) is 1. The van der Waals surface area contributed by atoms with Crippen molar-refractivity contribution >= 4 is 11.9 Å². The summed E-state index contributed by atoms with van der Waals surface area (Å²) in [4.78, 5) is 22.0. The number of carbonyl (C=O) groups is 2. The number of rotatable bonds is 8. The molecule has 4 heteroatoms. The molecule has 0 aromatic carbocycles. The van der Waals surface area contributed by atoms with E-state index in [0.29, 0.717) is 13.0 Å². The lowest BCUT2D eigenvalue weighted by molar-refractivity contribution is -0.140. The minimum Gasteiger partial charge on any atom is -0.469 e. The summed E-state index contributed by atoms with van der Waals surface area (Å²) >= 11 is 0. The second-order valence-corrected chi connectivity index (χ2v) is 3.56. The summed E-state index contributed by atoms with van der Waals surface area (Å²) < 4.78 is 4.53. The molecule has 0 spiro atoms. The molecular formula is C13H21NO3. The van der Waals surface area contributed by atoms with Crippen LogP contribution in [0.3, 0.4) is 0 Å². The van der Waals surface area contributed by atoms with Crippen LogP contribution in [0.4, 0.5) is 0 Å². The molecule has 0 aliphatic carbocycles. The number of esters is 1. The van der Waals surface area contributed by atoms with E-state index in [9.17, 15) is 9.59 Å². The Kier molecular flexibility index (Phi) is 9.91. The number of methoxy groups -OCH3 is 1. The molecule has 0 aliphatic heterocycles. The molecule has 0 atom stereocenters. The van der Waals surface area contributed by atoms with Gasteiger partial charge in [-0.2, -0.15) is 0 Å². The van der Waals surface area contributed by atoms with Crippen molar-refractivity contribution in [2.45, 2.75) is 32.6 Å². The van der Waals surface area contributed by atoms with E-state index in [4.69, 9.17) is 0 Å². The zero-order chi connectivity index (χ0) is 12.9. The lowest BCUT2D eigenvalue weighted by Crippen LogP contribution is -2.22. The van der Waals surface area contributed by atoms with E-state index >= 15 is 0 Å². The summed E-state index contributed by atoms with van der Waals surface area (Å²) in [5.74, 6) is -0.264. The Labute approximate surface area is 103 Å². The van der Waals surface area contributed by atoms with Crippen LogP contribution in [0.15, 0.2) is 24.3 Å². The second kappa shape index (κ2) is 10.9. The van der Waals surface area contributed by atoms with Gasteiger partial charge in [-0.3, -0.25) is 9.59 Å². The molecule has 1 N–H and O–H groups in total. The lowest BCUT2D eigenvalue weighted by Gasteiger charge is -2.02. The number of carbonyl (C=O) groups excluding carboxylic acids is 2. The highest BCUT2D eigenvalue weighted by molar-refractivity contribution is 5.87. The van der Waals surface area contributed by atoms with Crippen LogP contribution < -0.4 is 5.32 Å². The van der Waals surface area contributed by atoms with Crippen LogP contribution in [-0.4, -0.2) is 25.5 Å². The van der Waals surface area contributed by atoms with Gasteiger partial charge in [-0.15, -0.1) is 0 Å². The molecule has 0 heterocycles. The molecule has 0 rings (SSSR count). The van der Waals surface area contributed by atoms with Crippen LogP contribution >= 0.6 is 0 Å². The fourth-order valence-electron chi connectivity index (χ4n) is 1.20. The first-order valence-electron chi connectivity index (χ1n) is 5.84. The lowest BCUT2D eigenvalue weighted by atomic mass is 10.2. The first-order valence-corrected chi connectivity index (χ1v) is 5.84. The highest BCUT2D eigenvalue weighted by Gasteiger charge is 1.99. The molecule has 17 heavy (non-hydrogen) atoms. The SMILES string of the molecule is CC=CC=CC(=O)NCCCCCC(=O)OC. The molecule has 4 nitrogen and oxygen atoms in total. The van der Waals surface area contributed by atoms with Crippen molar-refractivity contribution in [3.05, 3.63) is 24.3 Å². The Morgan fingerprint density at radius 3 is 2.59 bits per heavy atom. The van der Waals surface area contributed by atoms with Gasteiger partial charge in [-0.05, 0) is 19.8 Å². The minimum absolute atomic E-state index is 0.0870. The van der Waals surface area contributed by atoms with Crippen LogP contribution in [0.25, 0.3) is 0 Å². The normalized spacial score (nSPS) is 10.9. The van der Waals surface area contributed by atoms with Crippen LogP contribution in [0.5, 0.6) is 0 Å². The number of hydrogen-bond donors (Lipinski definition) is 1. The van der Waals surface area contributed by atoms with Crippen LogP contribution in [0.2, 0.25) is 0 Å². The number of amides is 1. The highest BCUT2D eigenvalue weighted by atomic mass is 16.5. The first-order chi connectivity index (χ1) is 8.20. The summed E-state index contributed by atoms with van der Waals surface area (Å²) in [5.41, 5.74) is 0. The van der Waals surface area contributed by atoms with Crippen molar-refractivity contribution in [2.24, 2.45) is 0 Å². The molecule has 1 amide bonds. The maximum Gasteiger partial charge on any atom is 0.305 e. The zero-order valence-electron chi connectivity index (χ0n) is 10.6. The average molecular weight is 239 g/mol. The summed E-state index contributed by atoms with van der Waals surface area (Å²) in [6.07, 6.45) is 9.89. The molecule has 0 aromatic rings. The van der Waals surface area contributed by atoms with Crippen molar-refractivity contribution in [3.8, 4) is 0 Å². The minimum atomic E-state index is -0.177. The van der Waals surface area contributed by atoms with Crippen molar-refractivity contribution in [2.75, 3.05) is 13.7 Å². The standard InChI is InChI=1S/C13H21NO3/c1-3-4-6-9-12(15)14-11-8-5-7-10-13(16)17-2/h3-4,6,9H,5,7-8,10-11H2,1-2H3,(H,14,15). The Hall–Kier alpha value is -1.58. The van der Waals surface area contributed by atoms with Gasteiger partial charge in [0.25, 0.3) is 0 Å². The van der Waals surface area contributed by atoms with Gasteiger partial charge in [0, 0.05) is 19.0 Å². The van der Waals surface area contributed by atoms with Crippen molar-refractivity contribution in [3.63, 3.8) is 0 Å². The number of unbranched alkanes of at least 4 members (excludes halogenated alkanes) is 2. The fourth-order valence-corrected chi connectivity index (χ4v) is 1.20.